The Hall–Kier alpha value is -3.90. The molecule has 0 radical (unpaired) electrons. The van der Waals surface area contributed by atoms with Crippen LogP contribution < -0.4 is 16.6 Å². The zero-order valence-electron chi connectivity index (χ0n) is 37.1. The fourth-order valence-corrected chi connectivity index (χ4v) is 14.0. The molecule has 1 saturated heterocycles. The molecule has 3 N–H and O–H groups in total. The smallest absolute Gasteiger partial charge is 0.330 e. The molecule has 0 spiro atoms. The summed E-state index contributed by atoms with van der Waals surface area (Å²) in [6.07, 6.45) is 13.5. The fourth-order valence-electron chi connectivity index (χ4n) is 14.0. The Morgan fingerprint density at radius 3 is 2.43 bits per heavy atom. The first-order chi connectivity index (χ1) is 28.1. The highest BCUT2D eigenvalue weighted by atomic mass is 16.6. The van der Waals surface area contributed by atoms with Crippen molar-refractivity contribution in [2.24, 2.45) is 55.4 Å². The molecule has 1 amide bonds. The van der Waals surface area contributed by atoms with Crippen LogP contribution in [-0.2, 0) is 23.9 Å². The number of amides is 1. The van der Waals surface area contributed by atoms with E-state index in [0.29, 0.717) is 36.7 Å². The zero-order valence-corrected chi connectivity index (χ0v) is 37.1. The number of nitrogens with zero attached hydrogens (tertiary/aromatic N) is 4. The number of allylic oxidation sites excluding steroid dienone is 2. The number of aryl methyl sites for hydroxylation is 1. The van der Waals surface area contributed by atoms with E-state index in [1.54, 1.807) is 6.92 Å². The molecule has 11 atom stereocenters. The number of hydrogen-bond donors (Lipinski definition) is 3. The van der Waals surface area contributed by atoms with Gasteiger partial charge in [-0.25, -0.2) is 4.79 Å². The molecule has 6 aliphatic rings. The van der Waals surface area contributed by atoms with Crippen molar-refractivity contribution in [1.29, 1.82) is 0 Å². The number of carboxylic acids is 1. The molecule has 2 heterocycles. The highest BCUT2D eigenvalue weighted by molar-refractivity contribution is 5.77. The Kier molecular flexibility index (Phi) is 11.6. The van der Waals surface area contributed by atoms with Gasteiger partial charge < -0.3 is 19.9 Å². The van der Waals surface area contributed by atoms with E-state index in [-0.39, 0.29) is 64.4 Å². The molecular weight excluding hydrogens is 765 g/mol. The molecule has 330 valence electrons. The number of aromatic amines is 1. The molecule has 14 heteroatoms. The van der Waals surface area contributed by atoms with Gasteiger partial charge in [-0.3, -0.25) is 28.7 Å². The van der Waals surface area contributed by atoms with E-state index in [2.05, 4.69) is 74.9 Å². The summed E-state index contributed by atoms with van der Waals surface area (Å²) in [6.45, 7) is 18.3. The van der Waals surface area contributed by atoms with Gasteiger partial charge in [-0.05, 0) is 134 Å². The van der Waals surface area contributed by atoms with Crippen molar-refractivity contribution in [2.75, 3.05) is 6.61 Å². The van der Waals surface area contributed by atoms with Gasteiger partial charge in [0.25, 0.3) is 5.56 Å². The predicted molar refractivity (Wildman–Crippen MR) is 226 cm³/mol. The number of hydrogen-bond acceptors (Lipinski definition) is 8. The minimum Gasteiger partial charge on any atom is -0.481 e. The van der Waals surface area contributed by atoms with Crippen molar-refractivity contribution in [3.63, 3.8) is 0 Å². The van der Waals surface area contributed by atoms with Crippen molar-refractivity contribution >= 4 is 17.8 Å². The van der Waals surface area contributed by atoms with Crippen LogP contribution in [0.15, 0.2) is 32.5 Å². The largest absolute Gasteiger partial charge is 0.481 e. The molecule has 14 nitrogen and oxygen atoms in total. The molecule has 5 fully saturated rings. The second kappa shape index (κ2) is 15.8. The van der Waals surface area contributed by atoms with E-state index < -0.39 is 47.0 Å². The van der Waals surface area contributed by atoms with Gasteiger partial charge in [0.05, 0.1) is 11.5 Å². The Balaban J connectivity index is 0.919. The zero-order chi connectivity index (χ0) is 43.6. The average molecular weight is 833 g/mol. The lowest BCUT2D eigenvalue weighted by molar-refractivity contribution is -0.192. The van der Waals surface area contributed by atoms with Gasteiger partial charge in [0, 0.05) is 42.0 Å². The Morgan fingerprint density at radius 2 is 1.72 bits per heavy atom. The van der Waals surface area contributed by atoms with Gasteiger partial charge >= 0.3 is 17.6 Å². The van der Waals surface area contributed by atoms with E-state index in [1.807, 2.05) is 0 Å². The lowest BCUT2D eigenvalue weighted by Crippen LogP contribution is -2.66. The van der Waals surface area contributed by atoms with Crippen molar-refractivity contribution in [3.05, 3.63) is 54.7 Å². The van der Waals surface area contributed by atoms with Crippen molar-refractivity contribution in [1.82, 2.24) is 14.9 Å². The van der Waals surface area contributed by atoms with Crippen LogP contribution in [0.5, 0.6) is 0 Å². The first-order valence-electron chi connectivity index (χ1n) is 22.5. The first kappa shape index (κ1) is 44.2. The minimum absolute atomic E-state index is 0.00156. The highest BCUT2D eigenvalue weighted by Gasteiger charge is 2.69. The van der Waals surface area contributed by atoms with Crippen LogP contribution >= 0.6 is 0 Å². The Morgan fingerprint density at radius 1 is 1.00 bits per heavy atom. The Bertz CT molecular complexity index is 2080. The number of aromatic nitrogens is 2. The van der Waals surface area contributed by atoms with Gasteiger partial charge in [-0.2, -0.15) is 0 Å². The van der Waals surface area contributed by atoms with E-state index in [4.69, 9.17) is 15.0 Å². The number of aliphatic carboxylic acids is 1. The maximum absolute atomic E-state index is 13.4. The number of nitrogens with one attached hydrogen (secondary N) is 2. The second-order valence-electron chi connectivity index (χ2n) is 21.7. The van der Waals surface area contributed by atoms with Crippen LogP contribution in [0.2, 0.25) is 0 Å². The Labute approximate surface area is 353 Å². The third-order valence-electron chi connectivity index (χ3n) is 17.7. The number of fused-ring (bicyclic) bond motifs is 7. The summed E-state index contributed by atoms with van der Waals surface area (Å²) in [4.78, 5) is 68.5. The van der Waals surface area contributed by atoms with Gasteiger partial charge in [-0.15, -0.1) is 0 Å². The summed E-state index contributed by atoms with van der Waals surface area (Å²) in [5, 5.41) is 17.9. The van der Waals surface area contributed by atoms with Gasteiger partial charge in [0.15, 0.2) is 0 Å². The first-order valence-corrected chi connectivity index (χ1v) is 22.5. The van der Waals surface area contributed by atoms with Crippen molar-refractivity contribution < 1.29 is 29.0 Å². The van der Waals surface area contributed by atoms with Crippen molar-refractivity contribution in [2.45, 2.75) is 176 Å². The van der Waals surface area contributed by atoms with E-state index in [1.165, 1.54) is 16.3 Å². The second-order valence-corrected chi connectivity index (χ2v) is 21.7. The van der Waals surface area contributed by atoms with E-state index in [0.717, 1.165) is 64.2 Å². The topological polar surface area (TPSA) is 206 Å². The summed E-state index contributed by atoms with van der Waals surface area (Å²) in [5.74, 6) is -0.0303. The van der Waals surface area contributed by atoms with Crippen molar-refractivity contribution in [3.8, 4) is 0 Å². The predicted octanol–water partition coefficient (Wildman–Crippen LogP) is 8.29. The van der Waals surface area contributed by atoms with Gasteiger partial charge in [-0.1, -0.05) is 65.2 Å². The number of H-pyrrole nitrogens is 1. The molecule has 3 unspecified atom stereocenters. The molecule has 60 heavy (non-hydrogen) atoms. The summed E-state index contributed by atoms with van der Waals surface area (Å²) in [5.41, 5.74) is 9.25. The number of rotatable bonds is 11. The van der Waals surface area contributed by atoms with Crippen LogP contribution in [-0.4, -0.2) is 57.3 Å². The fraction of sp³-hybridized carbons (Fsp3) is 0.804. The lowest BCUT2D eigenvalue weighted by Gasteiger charge is -2.71. The van der Waals surface area contributed by atoms with Crippen LogP contribution in [0.25, 0.3) is 10.4 Å². The monoisotopic (exact) mass is 833 g/mol. The molecule has 1 aromatic rings. The molecule has 4 saturated carbocycles. The molecule has 1 aliphatic heterocycles. The lowest BCUT2D eigenvalue weighted by atomic mass is 9.33. The van der Waals surface area contributed by atoms with Gasteiger partial charge in [0.2, 0.25) is 5.91 Å². The maximum Gasteiger partial charge on any atom is 0.330 e. The third kappa shape index (κ3) is 7.35. The summed E-state index contributed by atoms with van der Waals surface area (Å²) in [7, 11) is 0. The summed E-state index contributed by atoms with van der Waals surface area (Å²) in [6, 6.07) is -0.623. The summed E-state index contributed by atoms with van der Waals surface area (Å²) < 4.78 is 12.7. The molecule has 0 bridgehead atoms. The number of unbranched alkanes of at least 4 members (excludes halogenated alkanes) is 1. The number of carbonyl (C=O) groups is 3. The molecular formula is C46H68N6O8. The summed E-state index contributed by atoms with van der Waals surface area (Å²) >= 11 is 0. The number of azide groups is 1. The number of carboxylic acid groups (broad SMARTS) is 1. The van der Waals surface area contributed by atoms with Crippen LogP contribution in [0.1, 0.15) is 157 Å². The third-order valence-corrected chi connectivity index (χ3v) is 17.7. The number of ether oxygens (including phenoxy) is 2. The average Bonchev–Trinajstić information content (AvgIpc) is 3.57. The number of carbonyl (C=O) groups excluding carboxylic acids is 2. The van der Waals surface area contributed by atoms with Gasteiger partial charge in [0.1, 0.15) is 18.9 Å². The molecule has 0 aromatic carbocycles. The molecule has 5 aliphatic carbocycles. The highest BCUT2D eigenvalue weighted by Crippen LogP contribution is 2.75. The molecule has 1 aromatic heterocycles. The molecule has 7 rings (SSSR count). The standard InChI is InChI=1S/C46H68N6O8/c1-27-25-52(40(58)49-38(27)55)36-23-30(50-51-47)31(60-36)26-59-37(54)12-10-9-11-35(53)48-34-16-17-43(6)32(42(34,4)5)15-18-45(8)33(43)14-13-28-29-24-41(2,3)19-21-46(29,39(56)57)22-20-44(28,45)7/h13,25,29-34,36H,9-12,14-24,26H2,1-8H3,(H,48,53)(H,56,57)(H,49,55,58)/t29?,30-,31+,32?,33?,34+,36+,43-,44+,45+,46-/m0/s1. The van der Waals surface area contributed by atoms with Crippen LogP contribution in [0, 0.1) is 57.2 Å². The van der Waals surface area contributed by atoms with E-state index in [9.17, 15) is 29.1 Å². The minimum atomic E-state index is -0.794. The van der Waals surface area contributed by atoms with E-state index >= 15 is 0 Å². The maximum atomic E-state index is 13.4. The quantitative estimate of drug-likeness (QED) is 0.0493. The number of esters is 1. The van der Waals surface area contributed by atoms with Crippen LogP contribution in [0.3, 0.4) is 0 Å². The SMILES string of the molecule is Cc1cn([C@H]2C[C@H](N=[N+]=[N-])[C@@H](COC(=O)CCCCC(=O)N[C@@H]3CC[C@@]4(C)C(CC[C@]5(C)C4CC=C4C6CC(C)(C)CC[C@]6(C(=O)O)CC[C@]45C)C3(C)C)O2)c(=O)[nH]c1=O. The normalized spacial score (nSPS) is 38.7. The van der Waals surface area contributed by atoms with Crippen LogP contribution in [0.4, 0.5) is 0 Å².